The average molecular weight is 342 g/mol. The number of para-hydroxylation sites is 2. The van der Waals surface area contributed by atoms with Crippen molar-refractivity contribution in [2.45, 2.75) is 0 Å². The molecular formula is C19H22N2O4. The van der Waals surface area contributed by atoms with Gasteiger partial charge < -0.3 is 14.8 Å². The quantitative estimate of drug-likeness (QED) is 0.746. The maximum atomic E-state index is 12.2. The molecule has 0 saturated carbocycles. The van der Waals surface area contributed by atoms with E-state index in [9.17, 15) is 9.59 Å². The van der Waals surface area contributed by atoms with E-state index < -0.39 is 5.97 Å². The van der Waals surface area contributed by atoms with Crippen molar-refractivity contribution in [3.05, 3.63) is 60.2 Å². The fourth-order valence-electron chi connectivity index (χ4n) is 2.23. The minimum absolute atomic E-state index is 0.188. The van der Waals surface area contributed by atoms with Crippen molar-refractivity contribution in [3.8, 4) is 5.75 Å². The fourth-order valence-corrected chi connectivity index (χ4v) is 2.23. The molecule has 0 aliphatic rings. The van der Waals surface area contributed by atoms with E-state index in [-0.39, 0.29) is 12.5 Å². The first-order valence-electron chi connectivity index (χ1n) is 7.93. The van der Waals surface area contributed by atoms with Gasteiger partial charge in [0.25, 0.3) is 0 Å². The van der Waals surface area contributed by atoms with E-state index in [1.165, 1.54) is 7.11 Å². The third-order valence-electron chi connectivity index (χ3n) is 3.50. The second-order valence-electron chi connectivity index (χ2n) is 5.48. The number of nitrogens with one attached hydrogen (secondary N) is 1. The van der Waals surface area contributed by atoms with Crippen molar-refractivity contribution in [1.82, 2.24) is 4.90 Å². The molecule has 6 nitrogen and oxygen atoms in total. The summed E-state index contributed by atoms with van der Waals surface area (Å²) in [7, 11) is 3.14. The molecule has 25 heavy (non-hydrogen) atoms. The van der Waals surface area contributed by atoms with Crippen LogP contribution in [0.2, 0.25) is 0 Å². The number of amides is 1. The largest absolute Gasteiger partial charge is 0.492 e. The zero-order valence-corrected chi connectivity index (χ0v) is 14.4. The van der Waals surface area contributed by atoms with Crippen LogP contribution >= 0.6 is 0 Å². The Morgan fingerprint density at radius 1 is 1.04 bits per heavy atom. The number of benzene rings is 2. The molecule has 2 aromatic rings. The highest BCUT2D eigenvalue weighted by Crippen LogP contribution is 2.16. The zero-order chi connectivity index (χ0) is 18.1. The lowest BCUT2D eigenvalue weighted by Gasteiger charge is -2.17. The Labute approximate surface area is 147 Å². The van der Waals surface area contributed by atoms with Crippen molar-refractivity contribution >= 4 is 17.6 Å². The van der Waals surface area contributed by atoms with Gasteiger partial charge in [-0.15, -0.1) is 0 Å². The van der Waals surface area contributed by atoms with Gasteiger partial charge in [0.1, 0.15) is 12.4 Å². The Hall–Kier alpha value is -2.86. The summed E-state index contributed by atoms with van der Waals surface area (Å²) < 4.78 is 10.3. The van der Waals surface area contributed by atoms with Crippen LogP contribution < -0.4 is 10.1 Å². The predicted molar refractivity (Wildman–Crippen MR) is 95.8 cm³/mol. The highest BCUT2D eigenvalue weighted by molar-refractivity contribution is 6.01. The number of rotatable bonds is 8. The summed E-state index contributed by atoms with van der Waals surface area (Å²) in [4.78, 5) is 25.7. The van der Waals surface area contributed by atoms with E-state index in [2.05, 4.69) is 5.32 Å². The lowest BCUT2D eigenvalue weighted by atomic mass is 10.2. The number of hydrogen-bond acceptors (Lipinski definition) is 5. The summed E-state index contributed by atoms with van der Waals surface area (Å²) >= 11 is 0. The molecule has 0 heterocycles. The molecule has 2 aromatic carbocycles. The van der Waals surface area contributed by atoms with Crippen molar-refractivity contribution in [3.63, 3.8) is 0 Å². The fraction of sp³-hybridized carbons (Fsp3) is 0.263. The van der Waals surface area contributed by atoms with Crippen LogP contribution in [0.5, 0.6) is 5.75 Å². The van der Waals surface area contributed by atoms with Crippen LogP contribution in [0.4, 0.5) is 5.69 Å². The SMILES string of the molecule is COC(=O)c1ccccc1NC(=O)CN(C)CCOc1ccccc1. The summed E-state index contributed by atoms with van der Waals surface area (Å²) in [6, 6.07) is 16.3. The maximum absolute atomic E-state index is 12.2. The molecule has 0 radical (unpaired) electrons. The smallest absolute Gasteiger partial charge is 0.339 e. The number of anilines is 1. The molecule has 0 aliphatic heterocycles. The van der Waals surface area contributed by atoms with Crippen molar-refractivity contribution < 1.29 is 19.1 Å². The third-order valence-corrected chi connectivity index (χ3v) is 3.50. The Kier molecular flexibility index (Phi) is 6.98. The van der Waals surface area contributed by atoms with Gasteiger partial charge >= 0.3 is 5.97 Å². The topological polar surface area (TPSA) is 67.9 Å². The van der Waals surface area contributed by atoms with Crippen LogP contribution in [-0.4, -0.2) is 50.6 Å². The molecule has 0 fully saturated rings. The van der Waals surface area contributed by atoms with E-state index in [0.717, 1.165) is 5.75 Å². The second kappa shape index (κ2) is 9.44. The summed E-state index contributed by atoms with van der Waals surface area (Å²) in [6.07, 6.45) is 0. The van der Waals surface area contributed by atoms with Gasteiger partial charge in [0.05, 0.1) is 24.9 Å². The summed E-state index contributed by atoms with van der Waals surface area (Å²) in [5, 5.41) is 2.74. The van der Waals surface area contributed by atoms with Gasteiger partial charge in [0.2, 0.25) is 5.91 Å². The van der Waals surface area contributed by atoms with Gasteiger partial charge in [0, 0.05) is 6.54 Å². The van der Waals surface area contributed by atoms with E-state index in [1.54, 1.807) is 24.3 Å². The number of carbonyl (C=O) groups excluding carboxylic acids is 2. The van der Waals surface area contributed by atoms with Gasteiger partial charge in [-0.25, -0.2) is 4.79 Å². The van der Waals surface area contributed by atoms with Gasteiger partial charge in [-0.05, 0) is 31.3 Å². The van der Waals surface area contributed by atoms with Crippen LogP contribution in [-0.2, 0) is 9.53 Å². The van der Waals surface area contributed by atoms with E-state index >= 15 is 0 Å². The molecule has 132 valence electrons. The van der Waals surface area contributed by atoms with Gasteiger partial charge in [0.15, 0.2) is 0 Å². The number of carbonyl (C=O) groups is 2. The summed E-state index contributed by atoms with van der Waals surface area (Å²) in [6.45, 7) is 1.27. The number of esters is 1. The molecule has 6 heteroatoms. The number of likely N-dealkylation sites (N-methyl/N-ethyl adjacent to an activating group) is 1. The molecule has 0 unspecified atom stereocenters. The first kappa shape index (κ1) is 18.5. The lowest BCUT2D eigenvalue weighted by Crippen LogP contribution is -2.33. The van der Waals surface area contributed by atoms with Gasteiger partial charge in [-0.3, -0.25) is 9.69 Å². The van der Waals surface area contributed by atoms with Crippen LogP contribution in [0, 0.1) is 0 Å². The monoisotopic (exact) mass is 342 g/mol. The second-order valence-corrected chi connectivity index (χ2v) is 5.48. The summed E-state index contributed by atoms with van der Waals surface area (Å²) in [5.41, 5.74) is 0.765. The highest BCUT2D eigenvalue weighted by Gasteiger charge is 2.14. The Morgan fingerprint density at radius 3 is 2.44 bits per heavy atom. The predicted octanol–water partition coefficient (Wildman–Crippen LogP) is 2.42. The Morgan fingerprint density at radius 2 is 1.72 bits per heavy atom. The van der Waals surface area contributed by atoms with Crippen molar-refractivity contribution in [1.29, 1.82) is 0 Å². The van der Waals surface area contributed by atoms with E-state index in [4.69, 9.17) is 9.47 Å². The zero-order valence-electron chi connectivity index (χ0n) is 14.4. The van der Waals surface area contributed by atoms with Crippen molar-refractivity contribution in [2.75, 3.05) is 39.2 Å². The Bertz CT molecular complexity index is 704. The average Bonchev–Trinajstić information content (AvgIpc) is 2.62. The van der Waals surface area contributed by atoms with E-state index in [1.807, 2.05) is 42.3 Å². The molecule has 0 spiro atoms. The lowest BCUT2D eigenvalue weighted by molar-refractivity contribution is -0.117. The molecule has 0 saturated heterocycles. The maximum Gasteiger partial charge on any atom is 0.339 e. The molecule has 2 rings (SSSR count). The molecule has 1 N–H and O–H groups in total. The minimum atomic E-state index is -0.486. The minimum Gasteiger partial charge on any atom is -0.492 e. The van der Waals surface area contributed by atoms with Crippen LogP contribution in [0.25, 0.3) is 0 Å². The van der Waals surface area contributed by atoms with Crippen LogP contribution in [0.3, 0.4) is 0 Å². The molecule has 0 aliphatic carbocycles. The van der Waals surface area contributed by atoms with Crippen LogP contribution in [0.1, 0.15) is 10.4 Å². The molecule has 1 amide bonds. The number of ether oxygens (including phenoxy) is 2. The van der Waals surface area contributed by atoms with Gasteiger partial charge in [-0.2, -0.15) is 0 Å². The Balaban J connectivity index is 1.81. The van der Waals surface area contributed by atoms with Crippen molar-refractivity contribution in [2.24, 2.45) is 0 Å². The normalized spacial score (nSPS) is 10.4. The third kappa shape index (κ3) is 5.93. The standard InChI is InChI=1S/C19H22N2O4/c1-21(12-13-25-15-8-4-3-5-9-15)14-18(22)20-17-11-7-6-10-16(17)19(23)24-2/h3-11H,12-14H2,1-2H3,(H,20,22). The van der Waals surface area contributed by atoms with Crippen LogP contribution in [0.15, 0.2) is 54.6 Å². The highest BCUT2D eigenvalue weighted by atomic mass is 16.5. The van der Waals surface area contributed by atoms with E-state index in [0.29, 0.717) is 24.4 Å². The summed E-state index contributed by atoms with van der Waals surface area (Å²) in [5.74, 6) is 0.103. The first-order chi connectivity index (χ1) is 12.1. The number of nitrogens with zero attached hydrogens (tertiary/aromatic N) is 1. The molecule has 0 aromatic heterocycles. The van der Waals surface area contributed by atoms with Gasteiger partial charge in [-0.1, -0.05) is 30.3 Å². The molecule has 0 atom stereocenters. The number of hydrogen-bond donors (Lipinski definition) is 1. The molecular weight excluding hydrogens is 320 g/mol. The first-order valence-corrected chi connectivity index (χ1v) is 7.93. The molecule has 0 bridgehead atoms. The number of methoxy groups -OCH3 is 1.